The van der Waals surface area contributed by atoms with Crippen molar-refractivity contribution in [2.24, 2.45) is 0 Å². The molecule has 3 heterocycles. The number of ether oxygens (including phenoxy) is 2. The van der Waals surface area contributed by atoms with E-state index in [2.05, 4.69) is 4.98 Å². The van der Waals surface area contributed by atoms with Gasteiger partial charge in [-0.25, -0.2) is 18.9 Å². The van der Waals surface area contributed by atoms with Crippen molar-refractivity contribution >= 4 is 33.0 Å². The Kier molecular flexibility index (Phi) is 8.34. The van der Waals surface area contributed by atoms with Gasteiger partial charge in [0, 0.05) is 28.4 Å². The Hall–Kier alpha value is -4.20. The van der Waals surface area contributed by atoms with E-state index in [1.54, 1.807) is 35.9 Å². The zero-order chi connectivity index (χ0) is 29.9. The molecule has 0 bridgehead atoms. The maximum atomic E-state index is 14.0. The molecule has 1 fully saturated rings. The average Bonchev–Trinajstić information content (AvgIpc) is 3.71. The highest BCUT2D eigenvalue weighted by molar-refractivity contribution is 7.92. The molecule has 1 aliphatic rings. The molecule has 13 heteroatoms. The number of carbonyl (C=O) groups is 2. The van der Waals surface area contributed by atoms with Crippen LogP contribution in [0.1, 0.15) is 28.1 Å². The van der Waals surface area contributed by atoms with Crippen LogP contribution in [0.4, 0.5) is 0 Å². The summed E-state index contributed by atoms with van der Waals surface area (Å²) in [7, 11) is -1.10. The number of aromatic nitrogens is 1. The van der Waals surface area contributed by atoms with Gasteiger partial charge >= 0.3 is 0 Å². The molecule has 2 aromatic carbocycles. The van der Waals surface area contributed by atoms with Crippen LogP contribution in [-0.2, 0) is 19.4 Å². The van der Waals surface area contributed by atoms with Crippen LogP contribution in [0.2, 0.25) is 0 Å². The van der Waals surface area contributed by atoms with E-state index in [-0.39, 0.29) is 36.6 Å². The summed E-state index contributed by atoms with van der Waals surface area (Å²) < 4.78 is 42.4. The zero-order valence-electron chi connectivity index (χ0n) is 22.9. The lowest BCUT2D eigenvalue weighted by Gasteiger charge is -2.30. The second-order valence-electron chi connectivity index (χ2n) is 9.72. The van der Waals surface area contributed by atoms with Gasteiger partial charge in [-0.3, -0.25) is 14.8 Å². The number of methoxy groups -OCH3 is 2. The van der Waals surface area contributed by atoms with Crippen molar-refractivity contribution < 1.29 is 37.1 Å². The number of hydrogen-bond donors (Lipinski definition) is 2. The van der Waals surface area contributed by atoms with Crippen LogP contribution in [-0.4, -0.2) is 68.4 Å². The van der Waals surface area contributed by atoms with Crippen molar-refractivity contribution in [2.75, 3.05) is 33.1 Å². The van der Waals surface area contributed by atoms with Gasteiger partial charge in [0.25, 0.3) is 5.91 Å². The fourth-order valence-electron chi connectivity index (χ4n) is 5.19. The van der Waals surface area contributed by atoms with E-state index >= 15 is 0 Å². The highest BCUT2D eigenvalue weighted by atomic mass is 32.2. The number of carbonyl (C=O) groups excluding carboxylic acids is 2. The molecule has 1 aliphatic heterocycles. The first kappa shape index (κ1) is 29.3. The third kappa shape index (κ3) is 5.38. The topological polar surface area (TPSA) is 148 Å². The molecule has 42 heavy (non-hydrogen) atoms. The molecule has 1 unspecified atom stereocenters. The SMILES string of the molecule is COc1cccc(C(=O)N2CCC(CC(=O)NO)(c3ccc(-c4ccc(-c5cnco5)cc4)s3)S(=O)(=O)CC2)c1OC. The molecule has 2 N–H and O–H groups in total. The van der Waals surface area contributed by atoms with Gasteiger partial charge in [0.1, 0.15) is 4.75 Å². The predicted molar refractivity (Wildman–Crippen MR) is 155 cm³/mol. The maximum absolute atomic E-state index is 14.0. The molecule has 4 aromatic rings. The first-order valence-corrected chi connectivity index (χ1v) is 15.4. The Labute approximate surface area is 246 Å². The summed E-state index contributed by atoms with van der Waals surface area (Å²) in [4.78, 5) is 32.8. The van der Waals surface area contributed by atoms with Crippen molar-refractivity contribution in [3.05, 3.63) is 77.6 Å². The normalized spacial score (nSPS) is 18.2. The molecule has 1 saturated heterocycles. The van der Waals surface area contributed by atoms with Crippen LogP contribution in [0.25, 0.3) is 21.8 Å². The van der Waals surface area contributed by atoms with Gasteiger partial charge in [-0.15, -0.1) is 11.3 Å². The lowest BCUT2D eigenvalue weighted by molar-refractivity contribution is -0.129. The largest absolute Gasteiger partial charge is 0.493 e. The molecule has 2 amide bonds. The van der Waals surface area contributed by atoms with E-state index in [4.69, 9.17) is 13.9 Å². The lowest BCUT2D eigenvalue weighted by Crippen LogP contribution is -2.41. The molecule has 0 spiro atoms. The smallest absolute Gasteiger partial charge is 0.257 e. The summed E-state index contributed by atoms with van der Waals surface area (Å²) in [5.41, 5.74) is 3.52. The van der Waals surface area contributed by atoms with E-state index in [0.717, 1.165) is 16.0 Å². The zero-order valence-corrected chi connectivity index (χ0v) is 24.5. The standard InChI is InChI=1S/C29H29N3O8S2/c1-38-22-5-3-4-21(27(22)39-2)28(34)32-13-12-29(16-26(33)31-35,42(36,37)15-14-32)25-11-10-24(41-25)20-8-6-19(7-9-20)23-17-30-18-40-23/h3-11,17-18,35H,12-16H2,1-2H3,(H,31,33). The van der Waals surface area contributed by atoms with Gasteiger partial charge in [0.2, 0.25) is 5.91 Å². The maximum Gasteiger partial charge on any atom is 0.257 e. The first-order valence-electron chi connectivity index (χ1n) is 13.0. The second-order valence-corrected chi connectivity index (χ2v) is 13.2. The van der Waals surface area contributed by atoms with E-state index in [9.17, 15) is 23.2 Å². The molecule has 0 aliphatic carbocycles. The fraction of sp³-hybridized carbons (Fsp3) is 0.276. The van der Waals surface area contributed by atoms with Crippen molar-refractivity contribution in [3.63, 3.8) is 0 Å². The van der Waals surface area contributed by atoms with Crippen LogP contribution in [0.3, 0.4) is 0 Å². The summed E-state index contributed by atoms with van der Waals surface area (Å²) in [6, 6.07) is 16.0. The minimum Gasteiger partial charge on any atom is -0.493 e. The Bertz CT molecular complexity index is 1680. The number of oxazole rings is 1. The van der Waals surface area contributed by atoms with Crippen LogP contribution in [0.5, 0.6) is 11.5 Å². The molecule has 2 aromatic heterocycles. The quantitative estimate of drug-likeness (QED) is 0.222. The number of thiophene rings is 1. The van der Waals surface area contributed by atoms with Crippen molar-refractivity contribution in [2.45, 2.75) is 17.6 Å². The molecular formula is C29H29N3O8S2. The molecule has 5 rings (SSSR count). The molecule has 0 radical (unpaired) electrons. The Morgan fingerprint density at radius 2 is 1.83 bits per heavy atom. The highest BCUT2D eigenvalue weighted by Crippen LogP contribution is 2.45. The van der Waals surface area contributed by atoms with Gasteiger partial charge < -0.3 is 18.8 Å². The van der Waals surface area contributed by atoms with Gasteiger partial charge in [-0.05, 0) is 36.2 Å². The van der Waals surface area contributed by atoms with Crippen LogP contribution in [0.15, 0.2) is 71.6 Å². The number of hydrogen-bond acceptors (Lipinski definition) is 10. The Morgan fingerprint density at radius 3 is 2.50 bits per heavy atom. The van der Waals surface area contributed by atoms with E-state index < -0.39 is 32.8 Å². The highest BCUT2D eigenvalue weighted by Gasteiger charge is 2.50. The number of sulfone groups is 1. The van der Waals surface area contributed by atoms with Gasteiger partial charge in [0.05, 0.1) is 38.2 Å². The second kappa shape index (κ2) is 12.0. The minimum absolute atomic E-state index is 0.0504. The van der Waals surface area contributed by atoms with E-state index in [1.165, 1.54) is 36.8 Å². The molecular weight excluding hydrogens is 582 g/mol. The van der Waals surface area contributed by atoms with Crippen molar-refractivity contribution in [1.82, 2.24) is 15.4 Å². The van der Waals surface area contributed by atoms with Crippen LogP contribution >= 0.6 is 11.3 Å². The van der Waals surface area contributed by atoms with Crippen LogP contribution in [0, 0.1) is 0 Å². The summed E-state index contributed by atoms with van der Waals surface area (Å²) >= 11 is 1.26. The Balaban J connectivity index is 1.48. The number of rotatable bonds is 8. The monoisotopic (exact) mass is 611 g/mol. The number of hydroxylamine groups is 1. The summed E-state index contributed by atoms with van der Waals surface area (Å²) in [6.45, 7) is -0.0262. The van der Waals surface area contributed by atoms with Crippen molar-refractivity contribution in [1.29, 1.82) is 0 Å². The van der Waals surface area contributed by atoms with Crippen LogP contribution < -0.4 is 15.0 Å². The number of nitrogens with one attached hydrogen (secondary N) is 1. The summed E-state index contributed by atoms with van der Waals surface area (Å²) in [6.07, 6.45) is 2.42. The molecule has 0 saturated carbocycles. The first-order chi connectivity index (χ1) is 20.2. The third-order valence-corrected chi connectivity index (χ3v) is 11.4. The molecule has 11 nitrogen and oxygen atoms in total. The minimum atomic E-state index is -3.99. The van der Waals surface area contributed by atoms with E-state index in [0.29, 0.717) is 16.4 Å². The predicted octanol–water partition coefficient (Wildman–Crippen LogP) is 4.14. The van der Waals surface area contributed by atoms with Gasteiger partial charge in [-0.1, -0.05) is 30.3 Å². The number of amides is 2. The number of nitrogens with zero attached hydrogens (tertiary/aromatic N) is 2. The van der Waals surface area contributed by atoms with Gasteiger partial charge in [0.15, 0.2) is 33.5 Å². The fourth-order valence-corrected chi connectivity index (χ4v) is 8.80. The number of para-hydroxylation sites is 1. The Morgan fingerprint density at radius 1 is 1.07 bits per heavy atom. The van der Waals surface area contributed by atoms with Gasteiger partial charge in [-0.2, -0.15) is 0 Å². The molecule has 220 valence electrons. The lowest BCUT2D eigenvalue weighted by atomic mass is 9.97. The van der Waals surface area contributed by atoms with E-state index in [1.807, 2.05) is 30.3 Å². The summed E-state index contributed by atoms with van der Waals surface area (Å²) in [5.74, 6) is -0.373. The number of benzene rings is 2. The summed E-state index contributed by atoms with van der Waals surface area (Å²) in [5, 5.41) is 9.36. The third-order valence-electron chi connectivity index (χ3n) is 7.44. The average molecular weight is 612 g/mol. The van der Waals surface area contributed by atoms with Crippen molar-refractivity contribution in [3.8, 4) is 33.3 Å². The molecule has 1 atom stereocenters.